The second-order valence-electron chi connectivity index (χ2n) is 7.22. The van der Waals surface area contributed by atoms with Crippen molar-refractivity contribution in [3.05, 3.63) is 113 Å². The summed E-state index contributed by atoms with van der Waals surface area (Å²) in [6.07, 6.45) is 1.80. The Labute approximate surface area is 199 Å². The number of halogens is 1. The van der Waals surface area contributed by atoms with Gasteiger partial charge in [-0.3, -0.25) is 4.99 Å². The molecule has 4 rings (SSSR count). The Morgan fingerprint density at radius 1 is 0.758 bits per heavy atom. The maximum Gasteiger partial charge on any atom is 0.161 e. The van der Waals surface area contributed by atoms with Crippen molar-refractivity contribution >= 4 is 23.5 Å². The zero-order valence-electron chi connectivity index (χ0n) is 18.3. The van der Waals surface area contributed by atoms with E-state index in [1.165, 1.54) is 0 Å². The van der Waals surface area contributed by atoms with Gasteiger partial charge in [-0.25, -0.2) is 0 Å². The summed E-state index contributed by atoms with van der Waals surface area (Å²) in [6.45, 7) is 2.89. The molecule has 0 saturated carbocycles. The van der Waals surface area contributed by atoms with Gasteiger partial charge in [0.05, 0.1) is 12.3 Å². The number of aliphatic imine (C=N–C) groups is 1. The molecule has 0 radical (unpaired) electrons. The van der Waals surface area contributed by atoms with Crippen LogP contribution in [0.5, 0.6) is 23.0 Å². The van der Waals surface area contributed by atoms with E-state index < -0.39 is 0 Å². The smallest absolute Gasteiger partial charge is 0.161 e. The molecule has 0 N–H and O–H groups in total. The Bertz CT molecular complexity index is 1210. The van der Waals surface area contributed by atoms with Crippen LogP contribution in [-0.4, -0.2) is 12.8 Å². The van der Waals surface area contributed by atoms with Gasteiger partial charge < -0.3 is 14.2 Å². The topological polar surface area (TPSA) is 40.0 Å². The summed E-state index contributed by atoms with van der Waals surface area (Å²) in [5.74, 6) is 2.92. The standard InChI is InChI=1S/C28H24ClNO3/c1-2-31-28-18-21(11-16-27(28)32-20-22-7-6-8-23(29)17-22)19-30-24-12-14-26(15-13-24)33-25-9-4-3-5-10-25/h3-19H,2,20H2,1H3. The van der Waals surface area contributed by atoms with E-state index in [-0.39, 0.29) is 0 Å². The van der Waals surface area contributed by atoms with E-state index in [0.717, 1.165) is 28.3 Å². The van der Waals surface area contributed by atoms with Gasteiger partial charge in [0.15, 0.2) is 11.5 Å². The minimum atomic E-state index is 0.408. The zero-order chi connectivity index (χ0) is 22.9. The van der Waals surface area contributed by atoms with Gasteiger partial charge in [-0.1, -0.05) is 41.9 Å². The molecule has 0 aliphatic rings. The monoisotopic (exact) mass is 457 g/mol. The molecule has 4 aromatic rings. The van der Waals surface area contributed by atoms with Crippen molar-refractivity contribution in [2.24, 2.45) is 4.99 Å². The van der Waals surface area contributed by atoms with Gasteiger partial charge >= 0.3 is 0 Å². The predicted octanol–water partition coefficient (Wildman–Crippen LogP) is 7.86. The van der Waals surface area contributed by atoms with E-state index in [9.17, 15) is 0 Å². The molecule has 4 nitrogen and oxygen atoms in total. The van der Waals surface area contributed by atoms with Crippen molar-refractivity contribution in [1.82, 2.24) is 0 Å². The lowest BCUT2D eigenvalue weighted by molar-refractivity contribution is 0.269. The van der Waals surface area contributed by atoms with Crippen LogP contribution < -0.4 is 14.2 Å². The van der Waals surface area contributed by atoms with Crippen molar-refractivity contribution in [2.45, 2.75) is 13.5 Å². The first-order chi connectivity index (χ1) is 16.2. The van der Waals surface area contributed by atoms with Crippen LogP contribution in [0.2, 0.25) is 5.02 Å². The number of benzene rings is 4. The third-order valence-corrected chi connectivity index (χ3v) is 4.96. The van der Waals surface area contributed by atoms with Crippen LogP contribution in [-0.2, 0) is 6.61 Å². The van der Waals surface area contributed by atoms with E-state index in [1.54, 1.807) is 6.21 Å². The molecule has 0 aliphatic carbocycles. The fourth-order valence-electron chi connectivity index (χ4n) is 3.15. The lowest BCUT2D eigenvalue weighted by atomic mass is 10.2. The highest BCUT2D eigenvalue weighted by molar-refractivity contribution is 6.30. The number of nitrogens with zero attached hydrogens (tertiary/aromatic N) is 1. The van der Waals surface area contributed by atoms with Crippen molar-refractivity contribution in [3.63, 3.8) is 0 Å². The molecule has 33 heavy (non-hydrogen) atoms. The Morgan fingerprint density at radius 3 is 2.30 bits per heavy atom. The molecule has 0 saturated heterocycles. The van der Waals surface area contributed by atoms with Crippen molar-refractivity contribution < 1.29 is 14.2 Å². The van der Waals surface area contributed by atoms with Crippen molar-refractivity contribution in [2.75, 3.05) is 6.61 Å². The molecule has 0 atom stereocenters. The Hall–Kier alpha value is -3.76. The number of para-hydroxylation sites is 1. The summed E-state index contributed by atoms with van der Waals surface area (Å²) in [5, 5.41) is 0.687. The average molecular weight is 458 g/mol. The molecule has 0 amide bonds. The highest BCUT2D eigenvalue weighted by atomic mass is 35.5. The summed E-state index contributed by atoms with van der Waals surface area (Å²) in [6, 6.07) is 30.7. The third-order valence-electron chi connectivity index (χ3n) is 4.73. The lowest BCUT2D eigenvalue weighted by Crippen LogP contribution is -2.00. The van der Waals surface area contributed by atoms with Crippen molar-refractivity contribution in [3.8, 4) is 23.0 Å². The van der Waals surface area contributed by atoms with E-state index >= 15 is 0 Å². The average Bonchev–Trinajstić information content (AvgIpc) is 2.84. The van der Waals surface area contributed by atoms with Gasteiger partial charge in [0.2, 0.25) is 0 Å². The SMILES string of the molecule is CCOc1cc(C=Nc2ccc(Oc3ccccc3)cc2)ccc1OCc1cccc(Cl)c1. The van der Waals surface area contributed by atoms with Crippen LogP contribution in [0.25, 0.3) is 0 Å². The number of rotatable bonds is 9. The van der Waals surface area contributed by atoms with Crippen LogP contribution in [0, 0.1) is 0 Å². The summed E-state index contributed by atoms with van der Waals surface area (Å²) in [7, 11) is 0. The fraction of sp³-hybridized carbons (Fsp3) is 0.107. The molecule has 0 unspecified atom stereocenters. The second-order valence-corrected chi connectivity index (χ2v) is 7.66. The summed E-state index contributed by atoms with van der Waals surface area (Å²) in [4.78, 5) is 4.57. The first-order valence-corrected chi connectivity index (χ1v) is 11.1. The number of ether oxygens (including phenoxy) is 3. The molecule has 0 aliphatic heterocycles. The van der Waals surface area contributed by atoms with Gasteiger partial charge in [0.25, 0.3) is 0 Å². The van der Waals surface area contributed by atoms with Gasteiger partial charge in [0.1, 0.15) is 18.1 Å². The van der Waals surface area contributed by atoms with Crippen LogP contribution in [0.15, 0.2) is 102 Å². The van der Waals surface area contributed by atoms with Crippen molar-refractivity contribution in [1.29, 1.82) is 0 Å². The minimum Gasteiger partial charge on any atom is -0.490 e. The highest BCUT2D eigenvalue weighted by Crippen LogP contribution is 2.30. The van der Waals surface area contributed by atoms with Crippen LogP contribution in [0.3, 0.4) is 0 Å². The lowest BCUT2D eigenvalue weighted by Gasteiger charge is -2.13. The van der Waals surface area contributed by atoms with Crippen LogP contribution >= 0.6 is 11.6 Å². The van der Waals surface area contributed by atoms with Gasteiger partial charge in [-0.05, 0) is 84.8 Å². The van der Waals surface area contributed by atoms with Crippen LogP contribution in [0.1, 0.15) is 18.1 Å². The quantitative estimate of drug-likeness (QED) is 0.240. The van der Waals surface area contributed by atoms with Gasteiger partial charge in [-0.15, -0.1) is 0 Å². The first kappa shape index (κ1) is 22.4. The zero-order valence-corrected chi connectivity index (χ0v) is 19.0. The number of hydrogen-bond donors (Lipinski definition) is 0. The second kappa shape index (κ2) is 11.2. The van der Waals surface area contributed by atoms with Gasteiger partial charge in [-0.2, -0.15) is 0 Å². The molecule has 4 aromatic carbocycles. The molecule has 0 fully saturated rings. The Kier molecular flexibility index (Phi) is 7.62. The molecule has 0 aromatic heterocycles. The van der Waals surface area contributed by atoms with E-state index in [0.29, 0.717) is 29.7 Å². The molecular weight excluding hydrogens is 434 g/mol. The number of hydrogen-bond acceptors (Lipinski definition) is 4. The molecular formula is C28H24ClNO3. The summed E-state index contributed by atoms with van der Waals surface area (Å²) >= 11 is 6.06. The summed E-state index contributed by atoms with van der Waals surface area (Å²) in [5.41, 5.74) is 2.74. The largest absolute Gasteiger partial charge is 0.490 e. The fourth-order valence-corrected chi connectivity index (χ4v) is 3.37. The van der Waals surface area contributed by atoms with Gasteiger partial charge in [0, 0.05) is 11.2 Å². The normalized spacial score (nSPS) is 10.8. The molecule has 5 heteroatoms. The Balaban J connectivity index is 1.42. The maximum absolute atomic E-state index is 6.06. The Morgan fingerprint density at radius 2 is 1.55 bits per heavy atom. The van der Waals surface area contributed by atoms with E-state index in [1.807, 2.05) is 104 Å². The molecule has 0 bridgehead atoms. The predicted molar refractivity (Wildman–Crippen MR) is 134 cm³/mol. The van der Waals surface area contributed by atoms with Crippen LogP contribution in [0.4, 0.5) is 5.69 Å². The molecule has 166 valence electrons. The van der Waals surface area contributed by atoms with E-state index in [4.69, 9.17) is 25.8 Å². The third kappa shape index (κ3) is 6.61. The molecule has 0 heterocycles. The molecule has 0 spiro atoms. The van der Waals surface area contributed by atoms with E-state index in [2.05, 4.69) is 4.99 Å². The first-order valence-electron chi connectivity index (χ1n) is 10.7. The minimum absolute atomic E-state index is 0.408. The summed E-state index contributed by atoms with van der Waals surface area (Å²) < 4.78 is 17.6. The highest BCUT2D eigenvalue weighted by Gasteiger charge is 2.07. The maximum atomic E-state index is 6.06.